The highest BCUT2D eigenvalue weighted by molar-refractivity contribution is 7.13. The molecule has 0 radical (unpaired) electrons. The molecule has 108 valence electrons. The largest absolute Gasteiger partial charge is 0.304 e. The van der Waals surface area contributed by atoms with Crippen molar-refractivity contribution in [2.24, 2.45) is 0 Å². The van der Waals surface area contributed by atoms with Gasteiger partial charge in [-0.3, -0.25) is 0 Å². The fourth-order valence-electron chi connectivity index (χ4n) is 2.38. The van der Waals surface area contributed by atoms with Gasteiger partial charge in [-0.25, -0.2) is 4.98 Å². The number of hydrogen-bond acceptors (Lipinski definition) is 3. The molecule has 1 aromatic heterocycles. The molecule has 1 aromatic carbocycles. The Balaban J connectivity index is 1.77. The van der Waals surface area contributed by atoms with Gasteiger partial charge in [0.1, 0.15) is 5.01 Å². The lowest BCUT2D eigenvalue weighted by Crippen LogP contribution is -2.23. The summed E-state index contributed by atoms with van der Waals surface area (Å²) in [7, 11) is 0. The third-order valence-corrected chi connectivity index (χ3v) is 4.54. The lowest BCUT2D eigenvalue weighted by Gasteiger charge is -2.17. The average molecular weight is 288 g/mol. The normalized spacial score (nSPS) is 11.2. The van der Waals surface area contributed by atoms with Crippen molar-refractivity contribution in [3.05, 3.63) is 41.4 Å². The smallest absolute Gasteiger partial charge is 0.123 e. The van der Waals surface area contributed by atoms with E-state index in [2.05, 4.69) is 48.0 Å². The SMILES string of the molecule is CCN(CC)CCCCc1ccc(-c2nccs2)cc1. The predicted octanol–water partition coefficient (Wildman–Crippen LogP) is 4.47. The number of rotatable bonds is 8. The minimum Gasteiger partial charge on any atom is -0.304 e. The third-order valence-electron chi connectivity index (χ3n) is 3.72. The summed E-state index contributed by atoms with van der Waals surface area (Å²) in [5, 5.41) is 3.13. The minimum atomic E-state index is 1.11. The summed E-state index contributed by atoms with van der Waals surface area (Å²) in [6.45, 7) is 8.03. The highest BCUT2D eigenvalue weighted by Gasteiger charge is 2.01. The number of aryl methyl sites for hydroxylation is 1. The summed E-state index contributed by atoms with van der Waals surface area (Å²) in [5.74, 6) is 0. The van der Waals surface area contributed by atoms with E-state index in [0.717, 1.165) is 5.01 Å². The van der Waals surface area contributed by atoms with Crippen LogP contribution >= 0.6 is 11.3 Å². The van der Waals surface area contributed by atoms with Gasteiger partial charge in [-0.15, -0.1) is 11.3 Å². The number of thiazole rings is 1. The lowest BCUT2D eigenvalue weighted by molar-refractivity contribution is 0.297. The standard InChI is InChI=1S/C17H24N2S/c1-3-19(4-2)13-6-5-7-15-8-10-16(11-9-15)17-18-12-14-20-17/h8-12,14H,3-7,13H2,1-2H3. The zero-order valence-electron chi connectivity index (χ0n) is 12.5. The second-order valence-corrected chi connectivity index (χ2v) is 5.91. The molecule has 2 rings (SSSR count). The molecule has 0 unspecified atom stereocenters. The monoisotopic (exact) mass is 288 g/mol. The summed E-state index contributed by atoms with van der Waals surface area (Å²) >= 11 is 1.69. The Kier molecular flexibility index (Phi) is 6.22. The van der Waals surface area contributed by atoms with E-state index in [9.17, 15) is 0 Å². The maximum absolute atomic E-state index is 4.34. The molecular formula is C17H24N2S. The van der Waals surface area contributed by atoms with Crippen LogP contribution in [0.2, 0.25) is 0 Å². The summed E-state index contributed by atoms with van der Waals surface area (Å²) < 4.78 is 0. The first-order chi connectivity index (χ1) is 9.83. The van der Waals surface area contributed by atoms with Gasteiger partial charge in [-0.05, 0) is 44.5 Å². The van der Waals surface area contributed by atoms with Crippen LogP contribution in [0.3, 0.4) is 0 Å². The topological polar surface area (TPSA) is 16.1 Å². The number of unbranched alkanes of at least 4 members (excludes halogenated alkanes) is 1. The lowest BCUT2D eigenvalue weighted by atomic mass is 10.1. The van der Waals surface area contributed by atoms with E-state index in [1.54, 1.807) is 11.3 Å². The van der Waals surface area contributed by atoms with Crippen LogP contribution in [-0.4, -0.2) is 29.5 Å². The van der Waals surface area contributed by atoms with Gasteiger partial charge in [0.05, 0.1) is 0 Å². The summed E-state index contributed by atoms with van der Waals surface area (Å²) in [6.07, 6.45) is 5.60. The van der Waals surface area contributed by atoms with Crippen LogP contribution in [-0.2, 0) is 6.42 Å². The number of benzene rings is 1. The van der Waals surface area contributed by atoms with Crippen LogP contribution < -0.4 is 0 Å². The molecule has 0 atom stereocenters. The van der Waals surface area contributed by atoms with E-state index in [0.29, 0.717) is 0 Å². The quantitative estimate of drug-likeness (QED) is 0.666. The van der Waals surface area contributed by atoms with Crippen LogP contribution in [0.4, 0.5) is 0 Å². The van der Waals surface area contributed by atoms with E-state index in [-0.39, 0.29) is 0 Å². The van der Waals surface area contributed by atoms with E-state index >= 15 is 0 Å². The highest BCUT2D eigenvalue weighted by Crippen LogP contribution is 2.22. The fraction of sp³-hybridized carbons (Fsp3) is 0.471. The molecular weight excluding hydrogens is 264 g/mol. The van der Waals surface area contributed by atoms with Crippen molar-refractivity contribution in [2.45, 2.75) is 33.1 Å². The van der Waals surface area contributed by atoms with Gasteiger partial charge >= 0.3 is 0 Å². The Labute approximate surface area is 126 Å². The van der Waals surface area contributed by atoms with Crippen LogP contribution in [0, 0.1) is 0 Å². The van der Waals surface area contributed by atoms with Crippen LogP contribution in [0.25, 0.3) is 10.6 Å². The fourth-order valence-corrected chi connectivity index (χ4v) is 3.03. The van der Waals surface area contributed by atoms with Crippen LogP contribution in [0.5, 0.6) is 0 Å². The molecule has 2 nitrogen and oxygen atoms in total. The maximum atomic E-state index is 4.34. The van der Waals surface area contributed by atoms with Gasteiger partial charge in [-0.1, -0.05) is 38.1 Å². The van der Waals surface area contributed by atoms with Crippen LogP contribution in [0.15, 0.2) is 35.8 Å². The molecule has 0 aliphatic rings. The first-order valence-electron chi connectivity index (χ1n) is 7.54. The second kappa shape index (κ2) is 8.18. The molecule has 3 heteroatoms. The molecule has 0 N–H and O–H groups in total. The highest BCUT2D eigenvalue weighted by atomic mass is 32.1. The second-order valence-electron chi connectivity index (χ2n) is 5.02. The van der Waals surface area contributed by atoms with E-state index in [1.807, 2.05) is 11.6 Å². The summed E-state index contributed by atoms with van der Waals surface area (Å²) in [6, 6.07) is 8.87. The van der Waals surface area contributed by atoms with Crippen molar-refractivity contribution in [1.29, 1.82) is 0 Å². The van der Waals surface area contributed by atoms with Crippen molar-refractivity contribution in [3.8, 4) is 10.6 Å². The zero-order valence-corrected chi connectivity index (χ0v) is 13.3. The Bertz CT molecular complexity index is 472. The molecule has 0 spiro atoms. The van der Waals surface area contributed by atoms with Gasteiger partial charge in [0, 0.05) is 17.1 Å². The molecule has 0 amide bonds. The molecule has 0 saturated carbocycles. The van der Waals surface area contributed by atoms with Gasteiger partial charge in [0.25, 0.3) is 0 Å². The average Bonchev–Trinajstić information content (AvgIpc) is 3.02. The Morgan fingerprint density at radius 2 is 1.80 bits per heavy atom. The molecule has 20 heavy (non-hydrogen) atoms. The van der Waals surface area contributed by atoms with Crippen molar-refractivity contribution < 1.29 is 0 Å². The van der Waals surface area contributed by atoms with Crippen molar-refractivity contribution in [3.63, 3.8) is 0 Å². The molecule has 0 aliphatic carbocycles. The Morgan fingerprint density at radius 3 is 2.40 bits per heavy atom. The molecule has 0 bridgehead atoms. The number of aromatic nitrogens is 1. The Morgan fingerprint density at radius 1 is 1.05 bits per heavy atom. The number of nitrogens with zero attached hydrogens (tertiary/aromatic N) is 2. The van der Waals surface area contributed by atoms with Crippen molar-refractivity contribution >= 4 is 11.3 Å². The summed E-state index contributed by atoms with van der Waals surface area (Å²) in [4.78, 5) is 6.83. The van der Waals surface area contributed by atoms with E-state index in [4.69, 9.17) is 0 Å². The Hall–Kier alpha value is -1.19. The third kappa shape index (κ3) is 4.43. The van der Waals surface area contributed by atoms with Gasteiger partial charge in [-0.2, -0.15) is 0 Å². The van der Waals surface area contributed by atoms with Gasteiger partial charge < -0.3 is 4.90 Å². The molecule has 0 saturated heterocycles. The molecule has 0 aliphatic heterocycles. The van der Waals surface area contributed by atoms with Crippen LogP contribution in [0.1, 0.15) is 32.3 Å². The maximum Gasteiger partial charge on any atom is 0.123 e. The summed E-state index contributed by atoms with van der Waals surface area (Å²) in [5.41, 5.74) is 2.66. The minimum absolute atomic E-state index is 1.11. The molecule has 1 heterocycles. The molecule has 0 fully saturated rings. The van der Waals surface area contributed by atoms with Gasteiger partial charge in [0.2, 0.25) is 0 Å². The predicted molar refractivity (Wildman–Crippen MR) is 88.3 cm³/mol. The zero-order chi connectivity index (χ0) is 14.2. The first-order valence-corrected chi connectivity index (χ1v) is 8.42. The first kappa shape index (κ1) is 15.2. The van der Waals surface area contributed by atoms with E-state index in [1.165, 1.54) is 50.0 Å². The van der Waals surface area contributed by atoms with E-state index < -0.39 is 0 Å². The number of hydrogen-bond donors (Lipinski definition) is 0. The van der Waals surface area contributed by atoms with Gasteiger partial charge in [0.15, 0.2) is 0 Å². The van der Waals surface area contributed by atoms with Crippen molar-refractivity contribution in [1.82, 2.24) is 9.88 Å². The molecule has 2 aromatic rings. The van der Waals surface area contributed by atoms with Crippen molar-refractivity contribution in [2.75, 3.05) is 19.6 Å².